The van der Waals surface area contributed by atoms with Crippen molar-refractivity contribution in [1.82, 2.24) is 10.2 Å². The van der Waals surface area contributed by atoms with E-state index in [0.29, 0.717) is 0 Å². The molecular formula is C22H27N3. The third-order valence-electron chi connectivity index (χ3n) is 4.63. The van der Waals surface area contributed by atoms with Crippen molar-refractivity contribution in [2.45, 2.75) is 46.1 Å². The number of benzene rings is 2. The predicted octanol–water partition coefficient (Wildman–Crippen LogP) is 5.59. The number of aromatic amines is 1. The maximum Gasteiger partial charge on any atom is 0.0621 e. The minimum Gasteiger partial charge on any atom is -0.379 e. The Kier molecular flexibility index (Phi) is 5.89. The van der Waals surface area contributed by atoms with E-state index in [1.165, 1.54) is 29.5 Å². The SMILES string of the molecule is CCCCc1ccc(NCc2[nH]ncc2-c2ccc(CC)cc2)cc1. The fourth-order valence-corrected chi connectivity index (χ4v) is 2.98. The van der Waals surface area contributed by atoms with Crippen molar-refractivity contribution in [3.63, 3.8) is 0 Å². The summed E-state index contributed by atoms with van der Waals surface area (Å²) >= 11 is 0. The molecule has 0 aliphatic rings. The number of nitrogens with zero attached hydrogens (tertiary/aromatic N) is 1. The largest absolute Gasteiger partial charge is 0.379 e. The number of rotatable bonds is 8. The summed E-state index contributed by atoms with van der Waals surface area (Å²) in [5.41, 5.74) is 7.38. The van der Waals surface area contributed by atoms with Crippen molar-refractivity contribution < 1.29 is 0 Å². The molecule has 0 aliphatic heterocycles. The van der Waals surface area contributed by atoms with Crippen LogP contribution >= 0.6 is 0 Å². The highest BCUT2D eigenvalue weighted by Crippen LogP contribution is 2.23. The van der Waals surface area contributed by atoms with Crippen molar-refractivity contribution >= 4 is 5.69 Å². The van der Waals surface area contributed by atoms with Crippen LogP contribution in [0.1, 0.15) is 43.5 Å². The molecule has 0 bridgehead atoms. The molecule has 1 heterocycles. The highest BCUT2D eigenvalue weighted by atomic mass is 15.1. The van der Waals surface area contributed by atoms with Crippen LogP contribution in [0.25, 0.3) is 11.1 Å². The van der Waals surface area contributed by atoms with Crippen LogP contribution in [-0.2, 0) is 19.4 Å². The summed E-state index contributed by atoms with van der Waals surface area (Å²) in [7, 11) is 0. The molecule has 0 aliphatic carbocycles. The molecule has 130 valence electrons. The molecule has 3 aromatic rings. The highest BCUT2D eigenvalue weighted by molar-refractivity contribution is 5.66. The number of aryl methyl sites for hydroxylation is 2. The molecule has 2 N–H and O–H groups in total. The van der Waals surface area contributed by atoms with E-state index in [1.54, 1.807) is 0 Å². The van der Waals surface area contributed by atoms with E-state index >= 15 is 0 Å². The first-order valence-electron chi connectivity index (χ1n) is 9.24. The van der Waals surface area contributed by atoms with Crippen molar-refractivity contribution in [2.24, 2.45) is 0 Å². The normalized spacial score (nSPS) is 10.8. The standard InChI is InChI=1S/C22H27N3/c1-3-5-6-18-9-13-20(14-10-18)23-16-22-21(15-24-25-22)19-11-7-17(4-2)8-12-19/h7-15,23H,3-6,16H2,1-2H3,(H,24,25). The number of aromatic nitrogens is 2. The van der Waals surface area contributed by atoms with Gasteiger partial charge in [0.05, 0.1) is 18.4 Å². The second kappa shape index (κ2) is 8.52. The first-order chi connectivity index (χ1) is 12.3. The first kappa shape index (κ1) is 17.3. The number of hydrogen-bond donors (Lipinski definition) is 2. The molecule has 2 aromatic carbocycles. The fraction of sp³-hybridized carbons (Fsp3) is 0.318. The molecule has 25 heavy (non-hydrogen) atoms. The summed E-state index contributed by atoms with van der Waals surface area (Å²) in [5.74, 6) is 0. The van der Waals surface area contributed by atoms with E-state index in [0.717, 1.165) is 36.3 Å². The van der Waals surface area contributed by atoms with E-state index < -0.39 is 0 Å². The molecule has 3 nitrogen and oxygen atoms in total. The van der Waals surface area contributed by atoms with Crippen molar-refractivity contribution in [3.05, 3.63) is 71.5 Å². The van der Waals surface area contributed by atoms with E-state index in [2.05, 4.69) is 77.9 Å². The quantitative estimate of drug-likeness (QED) is 0.564. The Morgan fingerprint density at radius 2 is 1.64 bits per heavy atom. The first-order valence-corrected chi connectivity index (χ1v) is 9.24. The molecule has 0 atom stereocenters. The lowest BCUT2D eigenvalue weighted by molar-refractivity contribution is 0.795. The predicted molar refractivity (Wildman–Crippen MR) is 106 cm³/mol. The molecule has 0 saturated carbocycles. The van der Waals surface area contributed by atoms with E-state index in [9.17, 15) is 0 Å². The third kappa shape index (κ3) is 4.50. The van der Waals surface area contributed by atoms with Crippen LogP contribution in [0.5, 0.6) is 0 Å². The van der Waals surface area contributed by atoms with Crippen LogP contribution in [0.3, 0.4) is 0 Å². The Balaban J connectivity index is 1.65. The number of unbranched alkanes of at least 4 members (excludes halogenated alkanes) is 1. The van der Waals surface area contributed by atoms with E-state index in [1.807, 2.05) is 6.20 Å². The molecule has 1 aromatic heterocycles. The van der Waals surface area contributed by atoms with Gasteiger partial charge in [-0.15, -0.1) is 0 Å². The van der Waals surface area contributed by atoms with E-state index in [4.69, 9.17) is 0 Å². The van der Waals surface area contributed by atoms with Crippen LogP contribution in [-0.4, -0.2) is 10.2 Å². The lowest BCUT2D eigenvalue weighted by atomic mass is 10.0. The van der Waals surface area contributed by atoms with Gasteiger partial charge in [-0.25, -0.2) is 0 Å². The maximum atomic E-state index is 4.24. The zero-order valence-electron chi connectivity index (χ0n) is 15.2. The Bertz CT molecular complexity index is 770. The zero-order chi connectivity index (χ0) is 17.5. The van der Waals surface area contributed by atoms with Crippen molar-refractivity contribution in [2.75, 3.05) is 5.32 Å². The third-order valence-corrected chi connectivity index (χ3v) is 4.63. The summed E-state index contributed by atoms with van der Waals surface area (Å²) in [6.07, 6.45) is 6.62. The van der Waals surface area contributed by atoms with E-state index in [-0.39, 0.29) is 0 Å². The van der Waals surface area contributed by atoms with Gasteiger partial charge in [-0.05, 0) is 48.1 Å². The molecule has 0 radical (unpaired) electrons. The van der Waals surface area contributed by atoms with Crippen molar-refractivity contribution in [3.8, 4) is 11.1 Å². The van der Waals surface area contributed by atoms with Crippen LogP contribution in [0.4, 0.5) is 5.69 Å². The average Bonchev–Trinajstić information content (AvgIpc) is 3.14. The van der Waals surface area contributed by atoms with Gasteiger partial charge >= 0.3 is 0 Å². The summed E-state index contributed by atoms with van der Waals surface area (Å²) in [6.45, 7) is 5.14. The van der Waals surface area contributed by atoms with Gasteiger partial charge in [-0.3, -0.25) is 5.10 Å². The van der Waals surface area contributed by atoms with Crippen LogP contribution in [0.2, 0.25) is 0 Å². The summed E-state index contributed by atoms with van der Waals surface area (Å²) in [4.78, 5) is 0. The average molecular weight is 333 g/mol. The van der Waals surface area contributed by atoms with Crippen LogP contribution in [0.15, 0.2) is 54.7 Å². The lowest BCUT2D eigenvalue weighted by Crippen LogP contribution is -2.01. The topological polar surface area (TPSA) is 40.7 Å². The molecular weight excluding hydrogens is 306 g/mol. The Morgan fingerprint density at radius 1 is 0.920 bits per heavy atom. The van der Waals surface area contributed by atoms with Gasteiger partial charge in [0.15, 0.2) is 0 Å². The monoisotopic (exact) mass is 333 g/mol. The van der Waals surface area contributed by atoms with Gasteiger partial charge in [-0.1, -0.05) is 56.7 Å². The maximum absolute atomic E-state index is 4.24. The van der Waals surface area contributed by atoms with Gasteiger partial charge < -0.3 is 5.32 Å². The van der Waals surface area contributed by atoms with Crippen LogP contribution in [0, 0.1) is 0 Å². The Morgan fingerprint density at radius 3 is 2.32 bits per heavy atom. The van der Waals surface area contributed by atoms with Gasteiger partial charge in [0.1, 0.15) is 0 Å². The molecule has 0 spiro atoms. The Hall–Kier alpha value is -2.55. The minimum absolute atomic E-state index is 0.735. The summed E-state index contributed by atoms with van der Waals surface area (Å²) in [6, 6.07) is 17.5. The number of anilines is 1. The second-order valence-electron chi connectivity index (χ2n) is 6.47. The fourth-order valence-electron chi connectivity index (χ4n) is 2.98. The highest BCUT2D eigenvalue weighted by Gasteiger charge is 2.07. The zero-order valence-corrected chi connectivity index (χ0v) is 15.2. The van der Waals surface area contributed by atoms with Gasteiger partial charge in [0.25, 0.3) is 0 Å². The molecule has 0 unspecified atom stereocenters. The van der Waals surface area contributed by atoms with Crippen molar-refractivity contribution in [1.29, 1.82) is 0 Å². The summed E-state index contributed by atoms with van der Waals surface area (Å²) < 4.78 is 0. The minimum atomic E-state index is 0.735. The second-order valence-corrected chi connectivity index (χ2v) is 6.47. The molecule has 0 fully saturated rings. The summed E-state index contributed by atoms with van der Waals surface area (Å²) in [5, 5.41) is 10.9. The van der Waals surface area contributed by atoms with Gasteiger partial charge in [0, 0.05) is 11.3 Å². The van der Waals surface area contributed by atoms with Crippen LogP contribution < -0.4 is 5.32 Å². The number of hydrogen-bond acceptors (Lipinski definition) is 2. The molecule has 3 heteroatoms. The Labute approximate surface area is 150 Å². The van der Waals surface area contributed by atoms with Gasteiger partial charge in [-0.2, -0.15) is 5.10 Å². The number of H-pyrrole nitrogens is 1. The molecule has 3 rings (SSSR count). The smallest absolute Gasteiger partial charge is 0.0621 e. The number of nitrogens with one attached hydrogen (secondary N) is 2. The van der Waals surface area contributed by atoms with Gasteiger partial charge in [0.2, 0.25) is 0 Å². The molecule has 0 saturated heterocycles. The molecule has 0 amide bonds. The lowest BCUT2D eigenvalue weighted by Gasteiger charge is -2.09.